The Bertz CT molecular complexity index is 523. The van der Waals surface area contributed by atoms with Crippen LogP contribution in [-0.4, -0.2) is 12.0 Å². The third-order valence-corrected chi connectivity index (χ3v) is 2.84. The Kier molecular flexibility index (Phi) is 3.58. The lowest BCUT2D eigenvalue weighted by molar-refractivity contribution is 0.627. The fraction of sp³-hybridized carbons (Fsp3) is 0.214. The number of hydrogen-bond acceptors (Lipinski definition) is 3. The number of nitrogens with zero attached hydrogens (tertiary/aromatic N) is 2. The average molecular weight is 245 g/mol. The minimum Gasteiger partial charge on any atom is -0.341 e. The summed E-state index contributed by atoms with van der Waals surface area (Å²) in [5.41, 5.74) is 7.90. The van der Waals surface area contributed by atoms with Crippen LogP contribution >= 0.6 is 0 Å². The minimum atomic E-state index is -0.253. The van der Waals surface area contributed by atoms with Crippen LogP contribution in [0.1, 0.15) is 18.7 Å². The summed E-state index contributed by atoms with van der Waals surface area (Å²) in [6.45, 7) is 1.88. The standard InChI is InChI=1S/C14H16FN3/c1-10(16)13-8-7-11(9-17-13)18(2)14-6-4-3-5-12(14)15/h3-10H,16H2,1-2H3/t10-/m0/s1. The van der Waals surface area contributed by atoms with E-state index in [0.29, 0.717) is 5.69 Å². The van der Waals surface area contributed by atoms with Gasteiger partial charge >= 0.3 is 0 Å². The fourth-order valence-electron chi connectivity index (χ4n) is 1.73. The molecule has 0 aliphatic rings. The van der Waals surface area contributed by atoms with Crippen LogP contribution in [0.3, 0.4) is 0 Å². The monoisotopic (exact) mass is 245 g/mol. The van der Waals surface area contributed by atoms with Crippen molar-refractivity contribution in [1.82, 2.24) is 4.98 Å². The molecular weight excluding hydrogens is 229 g/mol. The van der Waals surface area contributed by atoms with Gasteiger partial charge in [-0.25, -0.2) is 4.39 Å². The average Bonchev–Trinajstić information content (AvgIpc) is 2.38. The highest BCUT2D eigenvalue weighted by Gasteiger charge is 2.09. The molecule has 18 heavy (non-hydrogen) atoms. The quantitative estimate of drug-likeness (QED) is 0.903. The van der Waals surface area contributed by atoms with Gasteiger partial charge in [-0.3, -0.25) is 4.98 Å². The van der Waals surface area contributed by atoms with E-state index in [1.165, 1.54) is 6.07 Å². The molecule has 0 saturated heterocycles. The molecule has 1 aromatic heterocycles. The Morgan fingerprint density at radius 3 is 2.50 bits per heavy atom. The van der Waals surface area contributed by atoms with E-state index < -0.39 is 0 Å². The molecule has 0 aliphatic carbocycles. The summed E-state index contributed by atoms with van der Waals surface area (Å²) in [6.07, 6.45) is 1.70. The van der Waals surface area contributed by atoms with Crippen molar-refractivity contribution in [3.8, 4) is 0 Å². The van der Waals surface area contributed by atoms with Crippen molar-refractivity contribution in [1.29, 1.82) is 0 Å². The van der Waals surface area contributed by atoms with Crippen LogP contribution in [0.15, 0.2) is 42.6 Å². The zero-order valence-corrected chi connectivity index (χ0v) is 10.5. The normalized spacial score (nSPS) is 12.2. The highest BCUT2D eigenvalue weighted by molar-refractivity contribution is 5.62. The highest BCUT2D eigenvalue weighted by atomic mass is 19.1. The number of benzene rings is 1. The predicted molar refractivity (Wildman–Crippen MR) is 71.3 cm³/mol. The number of para-hydroxylation sites is 1. The second-order valence-electron chi connectivity index (χ2n) is 4.24. The predicted octanol–water partition coefficient (Wildman–Crippen LogP) is 3.01. The lowest BCUT2D eigenvalue weighted by Gasteiger charge is -2.20. The van der Waals surface area contributed by atoms with Crippen LogP contribution in [0.25, 0.3) is 0 Å². The zero-order chi connectivity index (χ0) is 13.1. The summed E-state index contributed by atoms with van der Waals surface area (Å²) >= 11 is 0. The Hall–Kier alpha value is -1.94. The first-order chi connectivity index (χ1) is 8.59. The van der Waals surface area contributed by atoms with Crippen LogP contribution in [-0.2, 0) is 0 Å². The van der Waals surface area contributed by atoms with Gasteiger partial charge in [0.15, 0.2) is 0 Å². The maximum absolute atomic E-state index is 13.7. The van der Waals surface area contributed by atoms with E-state index >= 15 is 0 Å². The van der Waals surface area contributed by atoms with Gasteiger partial charge < -0.3 is 10.6 Å². The van der Waals surface area contributed by atoms with Crippen LogP contribution < -0.4 is 10.6 Å². The van der Waals surface area contributed by atoms with E-state index in [1.54, 1.807) is 36.3 Å². The lowest BCUT2D eigenvalue weighted by Crippen LogP contribution is -2.13. The first-order valence-electron chi connectivity index (χ1n) is 5.79. The minimum absolute atomic E-state index is 0.0992. The number of anilines is 2. The molecule has 0 amide bonds. The van der Waals surface area contributed by atoms with Crippen molar-refractivity contribution >= 4 is 11.4 Å². The zero-order valence-electron chi connectivity index (χ0n) is 10.5. The van der Waals surface area contributed by atoms with Gasteiger partial charge in [-0.1, -0.05) is 12.1 Å². The van der Waals surface area contributed by atoms with Gasteiger partial charge in [-0.2, -0.15) is 0 Å². The first-order valence-corrected chi connectivity index (χ1v) is 5.79. The molecule has 0 aliphatic heterocycles. The molecule has 0 saturated carbocycles. The molecule has 0 bridgehead atoms. The third-order valence-electron chi connectivity index (χ3n) is 2.84. The molecule has 0 radical (unpaired) electrons. The van der Waals surface area contributed by atoms with Crippen molar-refractivity contribution in [3.05, 3.63) is 54.1 Å². The van der Waals surface area contributed by atoms with E-state index in [4.69, 9.17) is 5.73 Å². The highest BCUT2D eigenvalue weighted by Crippen LogP contribution is 2.25. The summed E-state index contributed by atoms with van der Waals surface area (Å²) in [6, 6.07) is 10.3. The van der Waals surface area contributed by atoms with Gasteiger partial charge in [-0.05, 0) is 31.2 Å². The van der Waals surface area contributed by atoms with Gasteiger partial charge in [0.25, 0.3) is 0 Å². The molecule has 1 aromatic carbocycles. The Morgan fingerprint density at radius 1 is 1.22 bits per heavy atom. The van der Waals surface area contributed by atoms with E-state index in [2.05, 4.69) is 4.98 Å². The molecule has 2 N–H and O–H groups in total. The summed E-state index contributed by atoms with van der Waals surface area (Å²) in [5.74, 6) is -0.253. The maximum Gasteiger partial charge on any atom is 0.146 e. The van der Waals surface area contributed by atoms with Gasteiger partial charge in [0.1, 0.15) is 5.82 Å². The molecule has 1 heterocycles. The molecule has 4 heteroatoms. The summed E-state index contributed by atoms with van der Waals surface area (Å²) in [4.78, 5) is 6.02. The summed E-state index contributed by atoms with van der Waals surface area (Å²) in [5, 5.41) is 0. The van der Waals surface area contributed by atoms with Crippen LogP contribution in [0.2, 0.25) is 0 Å². The summed E-state index contributed by atoms with van der Waals surface area (Å²) < 4.78 is 13.7. The summed E-state index contributed by atoms with van der Waals surface area (Å²) in [7, 11) is 1.81. The third kappa shape index (κ3) is 2.49. The Labute approximate surface area is 106 Å². The Balaban J connectivity index is 2.29. The van der Waals surface area contributed by atoms with Gasteiger partial charge in [-0.15, -0.1) is 0 Å². The second-order valence-corrected chi connectivity index (χ2v) is 4.24. The molecule has 2 aromatic rings. The number of nitrogens with two attached hydrogens (primary N) is 1. The van der Waals surface area contributed by atoms with Crippen molar-refractivity contribution in [2.75, 3.05) is 11.9 Å². The van der Waals surface area contributed by atoms with Crippen molar-refractivity contribution in [3.63, 3.8) is 0 Å². The number of halogens is 1. The Morgan fingerprint density at radius 2 is 1.94 bits per heavy atom. The smallest absolute Gasteiger partial charge is 0.146 e. The molecular formula is C14H16FN3. The van der Waals surface area contributed by atoms with E-state index in [9.17, 15) is 4.39 Å². The number of hydrogen-bond donors (Lipinski definition) is 1. The number of pyridine rings is 1. The molecule has 0 spiro atoms. The van der Waals surface area contributed by atoms with Crippen molar-refractivity contribution in [2.24, 2.45) is 5.73 Å². The maximum atomic E-state index is 13.7. The lowest BCUT2D eigenvalue weighted by atomic mass is 10.2. The number of aromatic nitrogens is 1. The molecule has 94 valence electrons. The van der Waals surface area contributed by atoms with Crippen LogP contribution in [0, 0.1) is 5.82 Å². The van der Waals surface area contributed by atoms with E-state index in [-0.39, 0.29) is 11.9 Å². The molecule has 3 nitrogen and oxygen atoms in total. The van der Waals surface area contributed by atoms with Crippen LogP contribution in [0.4, 0.5) is 15.8 Å². The van der Waals surface area contributed by atoms with E-state index in [0.717, 1.165) is 11.4 Å². The molecule has 2 rings (SSSR count). The topological polar surface area (TPSA) is 42.1 Å². The second kappa shape index (κ2) is 5.14. The van der Waals surface area contributed by atoms with Crippen molar-refractivity contribution in [2.45, 2.75) is 13.0 Å². The first kappa shape index (κ1) is 12.5. The van der Waals surface area contributed by atoms with E-state index in [1.807, 2.05) is 19.1 Å². The molecule has 1 atom stereocenters. The number of rotatable bonds is 3. The fourth-order valence-corrected chi connectivity index (χ4v) is 1.73. The van der Waals surface area contributed by atoms with Gasteiger partial charge in [0.05, 0.1) is 23.3 Å². The largest absolute Gasteiger partial charge is 0.341 e. The van der Waals surface area contributed by atoms with Crippen LogP contribution in [0.5, 0.6) is 0 Å². The van der Waals surface area contributed by atoms with Gasteiger partial charge in [0.2, 0.25) is 0 Å². The SMILES string of the molecule is C[C@H](N)c1ccc(N(C)c2ccccc2F)cn1. The van der Waals surface area contributed by atoms with Gasteiger partial charge in [0, 0.05) is 13.1 Å². The van der Waals surface area contributed by atoms with Crippen molar-refractivity contribution < 1.29 is 4.39 Å². The molecule has 0 unspecified atom stereocenters. The molecule has 0 fully saturated rings.